The molecule has 0 aliphatic carbocycles. The Hall–Kier alpha value is -1.72. The summed E-state index contributed by atoms with van der Waals surface area (Å²) in [5.41, 5.74) is 4.32. The summed E-state index contributed by atoms with van der Waals surface area (Å²) in [6.45, 7) is 4.63. The van der Waals surface area contributed by atoms with E-state index in [1.807, 2.05) is 0 Å². The molecule has 1 aromatic carbocycles. The number of rotatable bonds is 2. The van der Waals surface area contributed by atoms with Crippen LogP contribution in [-0.2, 0) is 19.5 Å². The zero-order chi connectivity index (χ0) is 14.1. The Morgan fingerprint density at radius 1 is 1.25 bits per heavy atom. The van der Waals surface area contributed by atoms with E-state index >= 15 is 0 Å². The predicted octanol–water partition coefficient (Wildman–Crippen LogP) is 2.30. The molecule has 0 saturated heterocycles. The summed E-state index contributed by atoms with van der Waals surface area (Å²) in [6, 6.07) is 8.58. The first-order chi connectivity index (χ1) is 9.61. The molecule has 4 nitrogen and oxygen atoms in total. The summed E-state index contributed by atoms with van der Waals surface area (Å²) in [5.74, 6) is 0. The minimum absolute atomic E-state index is 0.0428. The van der Waals surface area contributed by atoms with Crippen LogP contribution in [0.2, 0.25) is 0 Å². The molecule has 104 valence electrons. The van der Waals surface area contributed by atoms with Crippen molar-refractivity contribution < 1.29 is 0 Å². The van der Waals surface area contributed by atoms with Gasteiger partial charge < -0.3 is 4.98 Å². The van der Waals surface area contributed by atoms with Gasteiger partial charge in [-0.3, -0.25) is 14.7 Å². The van der Waals surface area contributed by atoms with Crippen molar-refractivity contribution in [2.75, 3.05) is 6.54 Å². The molecule has 3 rings (SSSR count). The number of hydrogen-bond donors (Lipinski definition) is 2. The Kier molecular flexibility index (Phi) is 3.54. The SMILES string of the molecule is Cc1ccc(CN2CCc3c([nH]c(=S)[nH]c3=O)C2)cc1. The quantitative estimate of drug-likeness (QED) is 0.833. The van der Waals surface area contributed by atoms with Crippen LogP contribution in [0.15, 0.2) is 29.1 Å². The fraction of sp³-hybridized carbons (Fsp3) is 0.333. The smallest absolute Gasteiger partial charge is 0.255 e. The van der Waals surface area contributed by atoms with Gasteiger partial charge in [-0.25, -0.2) is 0 Å². The average Bonchev–Trinajstić information content (AvgIpc) is 2.41. The Morgan fingerprint density at radius 2 is 2.00 bits per heavy atom. The number of aromatic amines is 2. The second-order valence-electron chi connectivity index (χ2n) is 5.31. The number of aromatic nitrogens is 2. The largest absolute Gasteiger partial charge is 0.334 e. The van der Waals surface area contributed by atoms with E-state index in [1.165, 1.54) is 11.1 Å². The molecule has 0 atom stereocenters. The first-order valence-electron chi connectivity index (χ1n) is 6.74. The Labute approximate surface area is 122 Å². The molecule has 0 bridgehead atoms. The molecule has 0 unspecified atom stereocenters. The van der Waals surface area contributed by atoms with Crippen LogP contribution >= 0.6 is 12.2 Å². The van der Waals surface area contributed by atoms with Crippen molar-refractivity contribution in [3.63, 3.8) is 0 Å². The van der Waals surface area contributed by atoms with Gasteiger partial charge in [-0.2, -0.15) is 0 Å². The maximum absolute atomic E-state index is 11.8. The van der Waals surface area contributed by atoms with E-state index in [0.29, 0.717) is 4.77 Å². The second kappa shape index (κ2) is 5.34. The van der Waals surface area contributed by atoms with E-state index in [1.54, 1.807) is 0 Å². The van der Waals surface area contributed by atoms with E-state index < -0.39 is 0 Å². The third kappa shape index (κ3) is 2.73. The molecule has 1 aromatic heterocycles. The molecular weight excluding hydrogens is 270 g/mol. The summed E-state index contributed by atoms with van der Waals surface area (Å²) >= 11 is 5.04. The normalized spacial score (nSPS) is 15.1. The van der Waals surface area contributed by atoms with Crippen molar-refractivity contribution in [3.05, 3.63) is 61.8 Å². The molecule has 1 aliphatic rings. The number of nitrogens with one attached hydrogen (secondary N) is 2. The Balaban J connectivity index is 1.80. The number of benzene rings is 1. The van der Waals surface area contributed by atoms with Gasteiger partial charge in [0.1, 0.15) is 0 Å². The summed E-state index contributed by atoms with van der Waals surface area (Å²) < 4.78 is 0.408. The molecule has 5 heteroatoms. The zero-order valence-electron chi connectivity index (χ0n) is 11.4. The van der Waals surface area contributed by atoms with Crippen LogP contribution in [-0.4, -0.2) is 21.4 Å². The molecule has 0 spiro atoms. The van der Waals surface area contributed by atoms with Gasteiger partial charge in [0.15, 0.2) is 4.77 Å². The standard InChI is InChI=1S/C15H17N3OS/c1-10-2-4-11(5-3-10)8-18-7-6-12-13(9-18)16-15(20)17-14(12)19/h2-5H,6-9H2,1H3,(H2,16,17,19,20). The topological polar surface area (TPSA) is 51.9 Å². The molecular formula is C15H17N3OS. The van der Waals surface area contributed by atoms with Crippen molar-refractivity contribution in [1.82, 2.24) is 14.9 Å². The lowest BCUT2D eigenvalue weighted by Gasteiger charge is -2.27. The van der Waals surface area contributed by atoms with E-state index in [-0.39, 0.29) is 5.56 Å². The maximum atomic E-state index is 11.8. The van der Waals surface area contributed by atoms with Gasteiger partial charge in [-0.05, 0) is 31.1 Å². The van der Waals surface area contributed by atoms with Crippen LogP contribution in [0.4, 0.5) is 0 Å². The third-order valence-corrected chi connectivity index (χ3v) is 3.92. The van der Waals surface area contributed by atoms with Gasteiger partial charge in [0, 0.05) is 30.9 Å². The lowest BCUT2D eigenvalue weighted by atomic mass is 10.1. The fourth-order valence-corrected chi connectivity index (χ4v) is 2.83. The molecule has 0 radical (unpaired) electrons. The van der Waals surface area contributed by atoms with Crippen molar-refractivity contribution in [2.45, 2.75) is 26.4 Å². The summed E-state index contributed by atoms with van der Waals surface area (Å²) in [4.78, 5) is 19.9. The minimum atomic E-state index is -0.0428. The first kappa shape index (κ1) is 13.3. The van der Waals surface area contributed by atoms with Crippen molar-refractivity contribution >= 4 is 12.2 Å². The highest BCUT2D eigenvalue weighted by atomic mass is 32.1. The van der Waals surface area contributed by atoms with Crippen molar-refractivity contribution in [2.24, 2.45) is 0 Å². The monoisotopic (exact) mass is 287 g/mol. The van der Waals surface area contributed by atoms with Crippen LogP contribution < -0.4 is 5.56 Å². The van der Waals surface area contributed by atoms with Gasteiger partial charge in [-0.1, -0.05) is 29.8 Å². The summed E-state index contributed by atoms with van der Waals surface area (Å²) in [7, 11) is 0. The van der Waals surface area contributed by atoms with Gasteiger partial charge in [0.2, 0.25) is 0 Å². The highest BCUT2D eigenvalue weighted by Gasteiger charge is 2.19. The van der Waals surface area contributed by atoms with Crippen LogP contribution in [0.1, 0.15) is 22.4 Å². The van der Waals surface area contributed by atoms with E-state index in [2.05, 4.69) is 46.1 Å². The van der Waals surface area contributed by atoms with Gasteiger partial charge in [0.05, 0.1) is 0 Å². The highest BCUT2D eigenvalue weighted by Crippen LogP contribution is 2.16. The average molecular weight is 287 g/mol. The fourth-order valence-electron chi connectivity index (χ4n) is 2.62. The van der Waals surface area contributed by atoms with Gasteiger partial charge in [0.25, 0.3) is 5.56 Å². The number of nitrogens with zero attached hydrogens (tertiary/aromatic N) is 1. The van der Waals surface area contributed by atoms with Gasteiger partial charge in [-0.15, -0.1) is 0 Å². The van der Waals surface area contributed by atoms with Crippen molar-refractivity contribution in [3.8, 4) is 0 Å². The molecule has 2 heterocycles. The molecule has 20 heavy (non-hydrogen) atoms. The molecule has 1 aliphatic heterocycles. The molecule has 2 aromatic rings. The Bertz CT molecular complexity index is 730. The number of H-pyrrole nitrogens is 2. The van der Waals surface area contributed by atoms with E-state index in [4.69, 9.17) is 12.2 Å². The highest BCUT2D eigenvalue weighted by molar-refractivity contribution is 7.71. The number of fused-ring (bicyclic) bond motifs is 1. The Morgan fingerprint density at radius 3 is 2.75 bits per heavy atom. The molecule has 0 saturated carbocycles. The second-order valence-corrected chi connectivity index (χ2v) is 5.72. The minimum Gasteiger partial charge on any atom is -0.334 e. The zero-order valence-corrected chi connectivity index (χ0v) is 12.2. The first-order valence-corrected chi connectivity index (χ1v) is 7.15. The summed E-state index contributed by atoms with van der Waals surface area (Å²) in [6.07, 6.45) is 0.767. The van der Waals surface area contributed by atoms with Gasteiger partial charge >= 0.3 is 0 Å². The van der Waals surface area contributed by atoms with Crippen LogP contribution in [0.3, 0.4) is 0 Å². The summed E-state index contributed by atoms with van der Waals surface area (Å²) in [5, 5.41) is 0. The lowest BCUT2D eigenvalue weighted by Crippen LogP contribution is -2.34. The van der Waals surface area contributed by atoms with E-state index in [9.17, 15) is 4.79 Å². The number of aryl methyl sites for hydroxylation is 1. The number of hydrogen-bond acceptors (Lipinski definition) is 3. The third-order valence-electron chi connectivity index (χ3n) is 3.72. The van der Waals surface area contributed by atoms with Crippen LogP contribution in [0.5, 0.6) is 0 Å². The van der Waals surface area contributed by atoms with Crippen molar-refractivity contribution in [1.29, 1.82) is 0 Å². The van der Waals surface area contributed by atoms with E-state index in [0.717, 1.165) is 37.3 Å². The van der Waals surface area contributed by atoms with Crippen LogP contribution in [0.25, 0.3) is 0 Å². The maximum Gasteiger partial charge on any atom is 0.255 e. The molecule has 2 N–H and O–H groups in total. The van der Waals surface area contributed by atoms with Crippen LogP contribution in [0, 0.1) is 11.7 Å². The predicted molar refractivity (Wildman–Crippen MR) is 81.2 cm³/mol. The molecule has 0 fully saturated rings. The lowest BCUT2D eigenvalue weighted by molar-refractivity contribution is 0.240. The molecule has 0 amide bonds.